The third kappa shape index (κ3) is 50.4. The van der Waals surface area contributed by atoms with E-state index in [1.54, 1.807) is 0 Å². The highest BCUT2D eigenvalue weighted by molar-refractivity contribution is 5.71. The van der Waals surface area contributed by atoms with Gasteiger partial charge < -0.3 is 28.5 Å². The lowest BCUT2D eigenvalue weighted by molar-refractivity contribution is -0.870. The highest BCUT2D eigenvalue weighted by atomic mass is 16.7. The number of quaternary nitrogens is 1. The maximum Gasteiger partial charge on any atom is 0.361 e. The van der Waals surface area contributed by atoms with Crippen molar-refractivity contribution in [2.75, 3.05) is 47.5 Å². The normalized spacial score (nSPS) is 13.4. The van der Waals surface area contributed by atoms with Gasteiger partial charge in [-0.15, -0.1) is 0 Å². The summed E-state index contributed by atoms with van der Waals surface area (Å²) < 4.78 is 22.8. The number of ether oxygens (including phenoxy) is 4. The highest BCUT2D eigenvalue weighted by Crippen LogP contribution is 2.16. The Morgan fingerprint density at radius 3 is 1.27 bits per heavy atom. The van der Waals surface area contributed by atoms with Crippen molar-refractivity contribution < 1.29 is 42.9 Å². The predicted octanol–water partition coefficient (Wildman–Crippen LogP) is 15.5. The van der Waals surface area contributed by atoms with Crippen molar-refractivity contribution in [1.29, 1.82) is 0 Å². The Kier molecular flexibility index (Phi) is 46.8. The van der Waals surface area contributed by atoms with Crippen LogP contribution in [0.3, 0.4) is 0 Å². The van der Waals surface area contributed by atoms with Gasteiger partial charge in [0, 0.05) is 12.8 Å². The molecule has 0 fully saturated rings. The molecule has 0 aromatic carbocycles. The van der Waals surface area contributed by atoms with Crippen LogP contribution in [0.2, 0.25) is 0 Å². The summed E-state index contributed by atoms with van der Waals surface area (Å²) in [5.41, 5.74) is 0. The van der Waals surface area contributed by atoms with Gasteiger partial charge in [0.05, 0.1) is 34.4 Å². The number of hydrogen-bond donors (Lipinski definition) is 1. The number of carboxylic acid groups (broad SMARTS) is 1. The lowest BCUT2D eigenvalue weighted by Gasteiger charge is -2.25. The second kappa shape index (κ2) is 49.2. The molecule has 0 rings (SSSR count). The molecule has 0 aliphatic carbocycles. The van der Waals surface area contributed by atoms with Crippen LogP contribution < -0.4 is 0 Å². The van der Waals surface area contributed by atoms with Gasteiger partial charge in [0.1, 0.15) is 13.2 Å². The van der Waals surface area contributed by atoms with E-state index in [4.69, 9.17) is 18.9 Å². The molecule has 2 atom stereocenters. The van der Waals surface area contributed by atoms with Crippen molar-refractivity contribution in [1.82, 2.24) is 0 Å². The number of hydrogen-bond acceptors (Lipinski definition) is 7. The molecule has 0 aromatic rings. The van der Waals surface area contributed by atoms with E-state index in [0.717, 1.165) is 77.0 Å². The second-order valence-electron chi connectivity index (χ2n) is 19.2. The number of esters is 2. The Morgan fingerprint density at radius 2 is 0.851 bits per heavy atom. The molecule has 1 N–H and O–H groups in total. The zero-order valence-electron chi connectivity index (χ0n) is 43.8. The molecule has 0 aliphatic rings. The number of carbonyl (C=O) groups excluding carboxylic acids is 2. The van der Waals surface area contributed by atoms with Crippen molar-refractivity contribution >= 4 is 17.9 Å². The van der Waals surface area contributed by atoms with Crippen molar-refractivity contribution in [2.24, 2.45) is 0 Å². The van der Waals surface area contributed by atoms with E-state index in [-0.39, 0.29) is 32.2 Å². The minimum Gasteiger partial charge on any atom is -0.477 e. The third-order valence-corrected chi connectivity index (χ3v) is 11.5. The average Bonchev–Trinajstić information content (AvgIpc) is 3.29. The van der Waals surface area contributed by atoms with Gasteiger partial charge in [0.25, 0.3) is 6.29 Å². The predicted molar refractivity (Wildman–Crippen MR) is 281 cm³/mol. The van der Waals surface area contributed by atoms with Gasteiger partial charge in [-0.25, -0.2) is 4.79 Å². The Labute approximate surface area is 411 Å². The standard InChI is InChI=1S/C58H101NO8/c1-6-8-10-12-14-16-17-18-19-20-21-22-23-24-25-26-27-28-29-30-31-32-33-34-35-36-37-38-39-41-43-45-47-49-56(61)67-54(53-66-58(57(62)63)64-51-50-59(3,4)5)52-65-55(60)48-46-44-42-40-15-13-11-9-7-2/h8,10,14,16,18-19,21-22,24-25,27-28,54,58H,6-7,9,11-13,15,17,20,23,26,29-53H2,1-5H3/p+1/b10-8-,16-14-,19-18-,22-21-,25-24-,28-27-. The fourth-order valence-electron chi connectivity index (χ4n) is 7.31. The molecule has 386 valence electrons. The minimum atomic E-state index is -1.51. The summed E-state index contributed by atoms with van der Waals surface area (Å²) in [5.74, 6) is -2.01. The number of aliphatic carboxylic acids is 1. The summed E-state index contributed by atoms with van der Waals surface area (Å²) in [4.78, 5) is 37.1. The van der Waals surface area contributed by atoms with Crippen molar-refractivity contribution in [2.45, 2.75) is 232 Å². The summed E-state index contributed by atoms with van der Waals surface area (Å²) in [6, 6.07) is 0. The molecule has 0 saturated carbocycles. The van der Waals surface area contributed by atoms with E-state index in [9.17, 15) is 19.5 Å². The molecule has 0 aliphatic heterocycles. The first-order valence-corrected chi connectivity index (χ1v) is 27.1. The molecule has 0 spiro atoms. The van der Waals surface area contributed by atoms with Crippen LogP contribution in [0.25, 0.3) is 0 Å². The summed E-state index contributed by atoms with van der Waals surface area (Å²) in [7, 11) is 5.96. The topological polar surface area (TPSA) is 108 Å². The molecular formula is C58H102NO8+. The number of unbranched alkanes of at least 4 members (excludes halogenated alkanes) is 22. The summed E-state index contributed by atoms with van der Waals surface area (Å²) in [5, 5.41) is 9.65. The van der Waals surface area contributed by atoms with E-state index in [1.165, 1.54) is 116 Å². The van der Waals surface area contributed by atoms with Gasteiger partial charge in [-0.2, -0.15) is 0 Å². The number of carboxylic acids is 1. The SMILES string of the molecule is CC/C=C\C/C=C\C/C=C\C/C=C\C/C=C\C/C=C\CCCCCCCCCCCCCCCCC(=O)OC(COC(=O)CCCCCCCCCCC)COC(OCC[N+](C)(C)C)C(=O)O. The lowest BCUT2D eigenvalue weighted by Crippen LogP contribution is -2.40. The first kappa shape index (κ1) is 63.7. The number of likely N-dealkylation sites (N-methyl/N-ethyl adjacent to an activating group) is 1. The Hall–Kier alpha value is -3.27. The molecule has 0 heterocycles. The van der Waals surface area contributed by atoms with Crippen molar-refractivity contribution in [3.63, 3.8) is 0 Å². The monoisotopic (exact) mass is 941 g/mol. The van der Waals surface area contributed by atoms with E-state index in [1.807, 2.05) is 21.1 Å². The van der Waals surface area contributed by atoms with Crippen LogP contribution in [0, 0.1) is 0 Å². The molecule has 67 heavy (non-hydrogen) atoms. The largest absolute Gasteiger partial charge is 0.477 e. The van der Waals surface area contributed by atoms with Crippen molar-refractivity contribution in [3.8, 4) is 0 Å². The smallest absolute Gasteiger partial charge is 0.361 e. The Morgan fingerprint density at radius 1 is 0.463 bits per heavy atom. The maximum absolute atomic E-state index is 12.8. The second-order valence-corrected chi connectivity index (χ2v) is 19.2. The van der Waals surface area contributed by atoms with E-state index in [0.29, 0.717) is 17.4 Å². The number of nitrogens with zero attached hydrogens (tertiary/aromatic N) is 1. The molecule has 2 unspecified atom stereocenters. The Bertz CT molecular complexity index is 1330. The van der Waals surface area contributed by atoms with Gasteiger partial charge in [0.2, 0.25) is 0 Å². The minimum absolute atomic E-state index is 0.182. The van der Waals surface area contributed by atoms with Gasteiger partial charge >= 0.3 is 17.9 Å². The molecule has 9 nitrogen and oxygen atoms in total. The first-order valence-electron chi connectivity index (χ1n) is 27.1. The Balaban J connectivity index is 4.08. The van der Waals surface area contributed by atoms with Crippen LogP contribution in [0.5, 0.6) is 0 Å². The highest BCUT2D eigenvalue weighted by Gasteiger charge is 2.25. The lowest BCUT2D eigenvalue weighted by atomic mass is 10.0. The quantitative estimate of drug-likeness (QED) is 0.0211. The zero-order valence-corrected chi connectivity index (χ0v) is 43.8. The molecule has 9 heteroatoms. The molecule has 0 radical (unpaired) electrons. The maximum atomic E-state index is 12.8. The van der Waals surface area contributed by atoms with Crippen LogP contribution in [0.15, 0.2) is 72.9 Å². The first-order chi connectivity index (χ1) is 32.6. The average molecular weight is 941 g/mol. The molecule has 0 bridgehead atoms. The van der Waals surface area contributed by atoms with E-state index >= 15 is 0 Å². The van der Waals surface area contributed by atoms with E-state index < -0.39 is 24.3 Å². The van der Waals surface area contributed by atoms with Crippen molar-refractivity contribution in [3.05, 3.63) is 72.9 Å². The fourth-order valence-corrected chi connectivity index (χ4v) is 7.31. The van der Waals surface area contributed by atoms with Crippen LogP contribution in [-0.2, 0) is 33.3 Å². The van der Waals surface area contributed by atoms with Gasteiger partial charge in [-0.05, 0) is 64.2 Å². The molecular weight excluding hydrogens is 839 g/mol. The number of carbonyl (C=O) groups is 3. The third-order valence-electron chi connectivity index (χ3n) is 11.5. The fraction of sp³-hybridized carbons (Fsp3) is 0.741. The molecule has 0 aromatic heterocycles. The molecule has 0 amide bonds. The van der Waals surface area contributed by atoms with Crippen LogP contribution in [0.1, 0.15) is 219 Å². The zero-order chi connectivity index (χ0) is 49.2. The van der Waals surface area contributed by atoms with Crippen LogP contribution in [0.4, 0.5) is 0 Å². The number of allylic oxidation sites excluding steroid dienone is 12. The molecule has 0 saturated heterocycles. The summed E-state index contributed by atoms with van der Waals surface area (Å²) in [6.07, 6.45) is 59.9. The van der Waals surface area contributed by atoms with Gasteiger partial charge in [0.15, 0.2) is 6.10 Å². The summed E-state index contributed by atoms with van der Waals surface area (Å²) >= 11 is 0. The van der Waals surface area contributed by atoms with Crippen LogP contribution in [-0.4, -0.2) is 87.4 Å². The number of rotatable bonds is 49. The van der Waals surface area contributed by atoms with Gasteiger partial charge in [-0.3, -0.25) is 9.59 Å². The summed E-state index contributed by atoms with van der Waals surface area (Å²) in [6.45, 7) is 4.74. The van der Waals surface area contributed by atoms with E-state index in [2.05, 4.69) is 86.8 Å². The van der Waals surface area contributed by atoms with Gasteiger partial charge in [-0.1, -0.05) is 215 Å². The van der Waals surface area contributed by atoms with Crippen LogP contribution >= 0.6 is 0 Å².